The molecule has 4 aliphatic rings. The second-order valence-electron chi connectivity index (χ2n) is 11.4. The van der Waals surface area contributed by atoms with Crippen LogP contribution >= 0.6 is 0 Å². The van der Waals surface area contributed by atoms with Gasteiger partial charge in [-0.3, -0.25) is 19.9 Å². The molecule has 2 atom stereocenters. The van der Waals surface area contributed by atoms with Gasteiger partial charge in [0, 0.05) is 60.6 Å². The molecule has 1 aliphatic carbocycles. The number of carbonyl (C=O) groups is 3. The Balaban J connectivity index is 1.24. The number of alkyl halides is 3. The van der Waals surface area contributed by atoms with Gasteiger partial charge in [0.15, 0.2) is 0 Å². The SMILES string of the molecule is CN1C(=O)NC(=O)C12Cc1cc3ccc(CN4CC5(C)CC(=O)Nc6cc(C(F)(F)F)cc4c65)nc3cc1C2. The summed E-state index contributed by atoms with van der Waals surface area (Å²) in [5.41, 5.74) is 2.38. The Hall–Kier alpha value is -4.15. The lowest BCUT2D eigenvalue weighted by atomic mass is 9.77. The first-order valence-corrected chi connectivity index (χ1v) is 12.7. The highest BCUT2D eigenvalue weighted by molar-refractivity contribution is 6.08. The van der Waals surface area contributed by atoms with Gasteiger partial charge in [0.1, 0.15) is 5.54 Å². The van der Waals surface area contributed by atoms with Crippen LogP contribution in [0.2, 0.25) is 0 Å². The van der Waals surface area contributed by atoms with Gasteiger partial charge in [-0.2, -0.15) is 13.2 Å². The smallest absolute Gasteiger partial charge is 0.364 e. The average Bonchev–Trinajstić information content (AvgIpc) is 3.43. The minimum atomic E-state index is -4.55. The standard InChI is InChI=1S/C28H24F3N5O3/c1-26-11-22(37)33-20-7-17(28(29,30)31)8-21(23(20)26)36(13-26)12-18-4-3-14-5-15-9-27(10-16(15)6-19(14)32-18)24(38)34-25(39)35(27)2/h3-8H,9-13H2,1-2H3,(H,33,37)(H,34,38,39). The topological polar surface area (TPSA) is 94.6 Å². The minimum Gasteiger partial charge on any atom is -0.364 e. The number of fused-ring (bicyclic) bond motifs is 2. The van der Waals surface area contributed by atoms with E-state index in [0.717, 1.165) is 28.1 Å². The maximum atomic E-state index is 13.7. The number of nitrogens with one attached hydrogen (secondary N) is 2. The summed E-state index contributed by atoms with van der Waals surface area (Å²) in [4.78, 5) is 45.3. The summed E-state index contributed by atoms with van der Waals surface area (Å²) in [6.45, 7) is 2.58. The molecule has 2 N–H and O–H groups in total. The quantitative estimate of drug-likeness (QED) is 0.486. The summed E-state index contributed by atoms with van der Waals surface area (Å²) >= 11 is 0. The van der Waals surface area contributed by atoms with Gasteiger partial charge < -0.3 is 15.1 Å². The van der Waals surface area contributed by atoms with Gasteiger partial charge in [-0.25, -0.2) is 4.79 Å². The number of nitrogens with zero attached hydrogens (tertiary/aromatic N) is 3. The average molecular weight is 536 g/mol. The van der Waals surface area contributed by atoms with Crippen LogP contribution in [0.25, 0.3) is 10.9 Å². The van der Waals surface area contributed by atoms with Gasteiger partial charge >= 0.3 is 12.2 Å². The van der Waals surface area contributed by atoms with Gasteiger partial charge in [0.25, 0.3) is 5.91 Å². The molecule has 0 bridgehead atoms. The maximum Gasteiger partial charge on any atom is 0.416 e. The van der Waals surface area contributed by atoms with Gasteiger partial charge in [-0.05, 0) is 41.5 Å². The zero-order valence-corrected chi connectivity index (χ0v) is 21.2. The monoisotopic (exact) mass is 535 g/mol. The van der Waals surface area contributed by atoms with E-state index < -0.39 is 28.7 Å². The summed E-state index contributed by atoms with van der Waals surface area (Å²) < 4.78 is 41.1. The minimum absolute atomic E-state index is 0.193. The number of amides is 4. The van der Waals surface area contributed by atoms with Crippen LogP contribution in [-0.2, 0) is 40.6 Å². The molecule has 1 saturated heterocycles. The molecule has 8 nitrogen and oxygen atoms in total. The molecular formula is C28H24F3N5O3. The second-order valence-corrected chi connectivity index (χ2v) is 11.4. The summed E-state index contributed by atoms with van der Waals surface area (Å²) in [6, 6.07) is 9.48. The van der Waals surface area contributed by atoms with Crippen molar-refractivity contribution in [1.82, 2.24) is 15.2 Å². The first kappa shape index (κ1) is 23.9. The molecule has 0 saturated carbocycles. The van der Waals surface area contributed by atoms with Crippen molar-refractivity contribution in [2.75, 3.05) is 23.8 Å². The Morgan fingerprint density at radius 2 is 1.74 bits per heavy atom. The molecule has 3 aromatic rings. The zero-order chi connectivity index (χ0) is 27.5. The normalized spacial score (nSPS) is 25.4. The fourth-order valence-corrected chi connectivity index (χ4v) is 6.84. The zero-order valence-electron chi connectivity index (χ0n) is 21.2. The molecule has 2 aromatic carbocycles. The number of hydrogen-bond donors (Lipinski definition) is 2. The van der Waals surface area contributed by atoms with Crippen LogP contribution in [0.3, 0.4) is 0 Å². The number of hydrogen-bond acceptors (Lipinski definition) is 5. The molecule has 0 radical (unpaired) electrons. The van der Waals surface area contributed by atoms with Crippen molar-refractivity contribution >= 4 is 40.1 Å². The van der Waals surface area contributed by atoms with Gasteiger partial charge in [-0.15, -0.1) is 0 Å². The van der Waals surface area contributed by atoms with E-state index >= 15 is 0 Å². The summed E-state index contributed by atoms with van der Waals surface area (Å²) in [5.74, 6) is -0.599. The Bertz CT molecular complexity index is 1650. The van der Waals surface area contributed by atoms with Gasteiger partial charge in [-0.1, -0.05) is 13.0 Å². The molecule has 1 aromatic heterocycles. The van der Waals surface area contributed by atoms with E-state index in [0.29, 0.717) is 36.3 Å². The van der Waals surface area contributed by atoms with E-state index in [4.69, 9.17) is 4.98 Å². The number of anilines is 2. The van der Waals surface area contributed by atoms with E-state index in [1.54, 1.807) is 7.05 Å². The first-order chi connectivity index (χ1) is 18.4. The lowest BCUT2D eigenvalue weighted by Crippen LogP contribution is -2.48. The highest BCUT2D eigenvalue weighted by atomic mass is 19.4. The van der Waals surface area contributed by atoms with Crippen molar-refractivity contribution in [1.29, 1.82) is 0 Å². The summed E-state index contributed by atoms with van der Waals surface area (Å²) in [7, 11) is 1.62. The number of benzene rings is 2. The molecule has 7 rings (SSSR count). The Morgan fingerprint density at radius 1 is 1.00 bits per heavy atom. The molecule has 2 unspecified atom stereocenters. The Kier molecular flexibility index (Phi) is 4.59. The lowest BCUT2D eigenvalue weighted by Gasteiger charge is -2.31. The van der Waals surface area contributed by atoms with Crippen LogP contribution in [0.5, 0.6) is 0 Å². The number of pyridine rings is 1. The molecule has 4 heterocycles. The number of carbonyl (C=O) groups excluding carboxylic acids is 3. The number of halogens is 3. The first-order valence-electron chi connectivity index (χ1n) is 12.7. The molecule has 39 heavy (non-hydrogen) atoms. The van der Waals surface area contributed by atoms with Crippen LogP contribution < -0.4 is 15.5 Å². The number of urea groups is 1. The Morgan fingerprint density at radius 3 is 2.44 bits per heavy atom. The third kappa shape index (κ3) is 3.38. The van der Waals surface area contributed by atoms with Gasteiger partial charge in [0.2, 0.25) is 5.91 Å². The molecule has 1 fully saturated rings. The molecule has 200 valence electrons. The number of aromatic nitrogens is 1. The molecule has 11 heteroatoms. The van der Waals surface area contributed by atoms with Crippen LogP contribution in [0.15, 0.2) is 36.4 Å². The largest absolute Gasteiger partial charge is 0.416 e. The highest BCUT2D eigenvalue weighted by Gasteiger charge is 2.54. The molecular weight excluding hydrogens is 511 g/mol. The Labute approximate surface area is 221 Å². The van der Waals surface area contributed by atoms with Crippen LogP contribution in [0.1, 0.15) is 41.3 Å². The molecule has 4 amide bonds. The van der Waals surface area contributed by atoms with Crippen molar-refractivity contribution in [3.05, 3.63) is 64.3 Å². The number of likely N-dealkylation sites (N-methyl/N-ethyl adjacent to an activating group) is 1. The molecule has 1 spiro atoms. The fraction of sp³-hybridized carbons (Fsp3) is 0.357. The van der Waals surface area contributed by atoms with Crippen molar-refractivity contribution in [3.63, 3.8) is 0 Å². The predicted octanol–water partition coefficient (Wildman–Crippen LogP) is 3.89. The van der Waals surface area contributed by atoms with E-state index in [9.17, 15) is 27.6 Å². The number of rotatable bonds is 2. The van der Waals surface area contributed by atoms with Crippen LogP contribution in [0.4, 0.5) is 29.3 Å². The second kappa shape index (κ2) is 7.49. The van der Waals surface area contributed by atoms with Crippen molar-refractivity contribution in [2.24, 2.45) is 0 Å². The number of imide groups is 1. The van der Waals surface area contributed by atoms with E-state index in [-0.39, 0.29) is 30.5 Å². The fourth-order valence-electron chi connectivity index (χ4n) is 6.84. The lowest BCUT2D eigenvalue weighted by molar-refractivity contribution is -0.137. The highest BCUT2D eigenvalue weighted by Crippen LogP contribution is 2.51. The van der Waals surface area contributed by atoms with E-state index in [1.165, 1.54) is 11.0 Å². The van der Waals surface area contributed by atoms with Crippen LogP contribution in [-0.4, -0.2) is 46.9 Å². The van der Waals surface area contributed by atoms with E-state index in [2.05, 4.69) is 10.6 Å². The maximum absolute atomic E-state index is 13.7. The third-order valence-corrected chi connectivity index (χ3v) is 8.73. The summed E-state index contributed by atoms with van der Waals surface area (Å²) in [6.07, 6.45) is -3.54. The van der Waals surface area contributed by atoms with Gasteiger partial charge in [0.05, 0.1) is 23.3 Å². The van der Waals surface area contributed by atoms with E-state index in [1.807, 2.05) is 36.1 Å². The van der Waals surface area contributed by atoms with Crippen molar-refractivity contribution in [2.45, 2.75) is 49.9 Å². The third-order valence-electron chi connectivity index (χ3n) is 8.73. The van der Waals surface area contributed by atoms with Crippen molar-refractivity contribution in [3.8, 4) is 0 Å². The van der Waals surface area contributed by atoms with Crippen LogP contribution in [0, 0.1) is 0 Å². The predicted molar refractivity (Wildman–Crippen MR) is 136 cm³/mol. The summed E-state index contributed by atoms with van der Waals surface area (Å²) in [5, 5.41) is 5.91. The molecule has 3 aliphatic heterocycles. The van der Waals surface area contributed by atoms with Crippen molar-refractivity contribution < 1.29 is 27.6 Å².